The molecule has 4 nitrogen and oxygen atoms in total. The molecule has 0 aliphatic carbocycles. The molecule has 18 heavy (non-hydrogen) atoms. The SMILES string of the molecule is Cc1ccc(-c2cc(C3CCNCC3)n(C)n2)o1. The number of piperidine rings is 1. The first kappa shape index (κ1) is 11.5. The predicted molar refractivity (Wildman–Crippen MR) is 70.5 cm³/mol. The van der Waals surface area contributed by atoms with Gasteiger partial charge in [-0.05, 0) is 51.1 Å². The molecule has 0 saturated carbocycles. The van der Waals surface area contributed by atoms with Gasteiger partial charge in [0.25, 0.3) is 0 Å². The lowest BCUT2D eigenvalue weighted by Crippen LogP contribution is -2.27. The van der Waals surface area contributed by atoms with Gasteiger partial charge in [-0.15, -0.1) is 0 Å². The summed E-state index contributed by atoms with van der Waals surface area (Å²) >= 11 is 0. The number of nitrogens with one attached hydrogen (secondary N) is 1. The third kappa shape index (κ3) is 2.08. The molecule has 1 N–H and O–H groups in total. The second-order valence-electron chi connectivity index (χ2n) is 5.01. The lowest BCUT2D eigenvalue weighted by Gasteiger charge is -2.22. The van der Waals surface area contributed by atoms with Crippen molar-refractivity contribution < 1.29 is 4.42 Å². The number of hydrogen-bond donors (Lipinski definition) is 1. The molecule has 0 radical (unpaired) electrons. The van der Waals surface area contributed by atoms with E-state index in [0.717, 1.165) is 30.3 Å². The van der Waals surface area contributed by atoms with E-state index >= 15 is 0 Å². The van der Waals surface area contributed by atoms with Gasteiger partial charge in [0.1, 0.15) is 11.5 Å². The number of hydrogen-bond acceptors (Lipinski definition) is 3. The first-order valence-corrected chi connectivity index (χ1v) is 6.55. The van der Waals surface area contributed by atoms with Crippen molar-refractivity contribution in [2.45, 2.75) is 25.7 Å². The molecule has 1 aliphatic rings. The molecule has 3 rings (SSSR count). The smallest absolute Gasteiger partial charge is 0.154 e. The summed E-state index contributed by atoms with van der Waals surface area (Å²) < 4.78 is 7.64. The van der Waals surface area contributed by atoms with Crippen LogP contribution < -0.4 is 5.32 Å². The normalized spacial score (nSPS) is 17.2. The fourth-order valence-corrected chi connectivity index (χ4v) is 2.67. The molecule has 0 amide bonds. The Morgan fingerprint density at radius 1 is 1.33 bits per heavy atom. The van der Waals surface area contributed by atoms with Gasteiger partial charge in [0.15, 0.2) is 5.76 Å². The largest absolute Gasteiger partial charge is 0.460 e. The number of nitrogens with zero attached hydrogens (tertiary/aromatic N) is 2. The first-order chi connectivity index (χ1) is 8.74. The van der Waals surface area contributed by atoms with Crippen molar-refractivity contribution in [3.63, 3.8) is 0 Å². The maximum atomic E-state index is 5.64. The lowest BCUT2D eigenvalue weighted by molar-refractivity contribution is 0.440. The number of aryl methyl sites for hydroxylation is 2. The van der Waals surface area contributed by atoms with Crippen molar-refractivity contribution >= 4 is 0 Å². The van der Waals surface area contributed by atoms with Gasteiger partial charge in [-0.25, -0.2) is 0 Å². The van der Waals surface area contributed by atoms with Crippen LogP contribution in [0.15, 0.2) is 22.6 Å². The predicted octanol–water partition coefficient (Wildman–Crippen LogP) is 2.46. The average molecular weight is 245 g/mol. The van der Waals surface area contributed by atoms with E-state index < -0.39 is 0 Å². The van der Waals surface area contributed by atoms with Crippen molar-refractivity contribution in [1.29, 1.82) is 0 Å². The minimum atomic E-state index is 0.619. The fraction of sp³-hybridized carbons (Fsp3) is 0.500. The van der Waals surface area contributed by atoms with Crippen LogP contribution >= 0.6 is 0 Å². The monoisotopic (exact) mass is 245 g/mol. The quantitative estimate of drug-likeness (QED) is 0.883. The molecule has 1 aliphatic heterocycles. The number of furan rings is 1. The minimum absolute atomic E-state index is 0.619. The van der Waals surface area contributed by atoms with Crippen molar-refractivity contribution in [3.05, 3.63) is 29.7 Å². The highest BCUT2D eigenvalue weighted by Gasteiger charge is 2.20. The van der Waals surface area contributed by atoms with Crippen molar-refractivity contribution in [1.82, 2.24) is 15.1 Å². The minimum Gasteiger partial charge on any atom is -0.460 e. The Balaban J connectivity index is 1.90. The standard InChI is InChI=1S/C14H19N3O/c1-10-3-4-14(18-10)12-9-13(17(2)16-12)11-5-7-15-8-6-11/h3-4,9,11,15H,5-8H2,1-2H3. The Bertz CT molecular complexity index is 535. The highest BCUT2D eigenvalue weighted by molar-refractivity contribution is 5.53. The maximum Gasteiger partial charge on any atom is 0.154 e. The molecule has 3 heterocycles. The van der Waals surface area contributed by atoms with E-state index in [1.165, 1.54) is 18.5 Å². The van der Waals surface area contributed by atoms with E-state index in [1.807, 2.05) is 30.8 Å². The molecule has 1 saturated heterocycles. The molecule has 1 fully saturated rings. The van der Waals surface area contributed by atoms with Gasteiger partial charge in [0, 0.05) is 18.7 Å². The topological polar surface area (TPSA) is 43.0 Å². The van der Waals surface area contributed by atoms with Crippen molar-refractivity contribution in [3.8, 4) is 11.5 Å². The summed E-state index contributed by atoms with van der Waals surface area (Å²) in [6.07, 6.45) is 2.38. The van der Waals surface area contributed by atoms with Crippen LogP contribution in [0.5, 0.6) is 0 Å². The highest BCUT2D eigenvalue weighted by Crippen LogP contribution is 2.29. The Morgan fingerprint density at radius 2 is 2.11 bits per heavy atom. The van der Waals surface area contributed by atoms with Gasteiger partial charge >= 0.3 is 0 Å². The first-order valence-electron chi connectivity index (χ1n) is 6.55. The molecule has 0 spiro atoms. The van der Waals surface area contributed by atoms with Gasteiger partial charge in [0.2, 0.25) is 0 Å². The second kappa shape index (κ2) is 4.61. The van der Waals surface area contributed by atoms with E-state index in [4.69, 9.17) is 4.42 Å². The van der Waals surface area contributed by atoms with Gasteiger partial charge in [0.05, 0.1) is 0 Å². The Labute approximate surface area is 107 Å². The second-order valence-corrected chi connectivity index (χ2v) is 5.01. The van der Waals surface area contributed by atoms with Crippen LogP contribution in [-0.4, -0.2) is 22.9 Å². The van der Waals surface area contributed by atoms with E-state index in [1.54, 1.807) is 0 Å². The van der Waals surface area contributed by atoms with Crippen LogP contribution in [0.2, 0.25) is 0 Å². The molecule has 0 atom stereocenters. The molecule has 96 valence electrons. The van der Waals surface area contributed by atoms with E-state index in [-0.39, 0.29) is 0 Å². The van der Waals surface area contributed by atoms with Crippen molar-refractivity contribution in [2.24, 2.45) is 7.05 Å². The third-order valence-electron chi connectivity index (χ3n) is 3.67. The average Bonchev–Trinajstić information content (AvgIpc) is 2.97. The van der Waals surface area contributed by atoms with Crippen LogP contribution in [0.4, 0.5) is 0 Å². The Hall–Kier alpha value is -1.55. The van der Waals surface area contributed by atoms with Gasteiger partial charge < -0.3 is 9.73 Å². The number of rotatable bonds is 2. The zero-order valence-electron chi connectivity index (χ0n) is 10.9. The van der Waals surface area contributed by atoms with Gasteiger partial charge in [-0.2, -0.15) is 5.10 Å². The van der Waals surface area contributed by atoms with Crippen molar-refractivity contribution in [2.75, 3.05) is 13.1 Å². The summed E-state index contributed by atoms with van der Waals surface area (Å²) in [4.78, 5) is 0. The lowest BCUT2D eigenvalue weighted by atomic mass is 9.94. The summed E-state index contributed by atoms with van der Waals surface area (Å²) in [5, 5.41) is 7.97. The maximum absolute atomic E-state index is 5.64. The molecule has 0 aromatic carbocycles. The third-order valence-corrected chi connectivity index (χ3v) is 3.67. The van der Waals surface area contributed by atoms with Crippen LogP contribution in [0.25, 0.3) is 11.5 Å². The molecule has 0 bridgehead atoms. The van der Waals surface area contributed by atoms with Crippen LogP contribution in [-0.2, 0) is 7.05 Å². The molecule has 0 unspecified atom stereocenters. The molecule has 2 aromatic rings. The summed E-state index contributed by atoms with van der Waals surface area (Å²) in [6, 6.07) is 6.15. The van der Waals surface area contributed by atoms with E-state index in [0.29, 0.717) is 5.92 Å². The van der Waals surface area contributed by atoms with Gasteiger partial charge in [-0.3, -0.25) is 4.68 Å². The molecule has 2 aromatic heterocycles. The van der Waals surface area contributed by atoms with E-state index in [2.05, 4.69) is 16.5 Å². The molecular weight excluding hydrogens is 226 g/mol. The van der Waals surface area contributed by atoms with E-state index in [9.17, 15) is 0 Å². The van der Waals surface area contributed by atoms with Crippen LogP contribution in [0.1, 0.15) is 30.2 Å². The summed E-state index contributed by atoms with van der Waals surface area (Å²) in [6.45, 7) is 4.16. The summed E-state index contributed by atoms with van der Waals surface area (Å²) in [5.41, 5.74) is 2.26. The van der Waals surface area contributed by atoms with Crippen LogP contribution in [0.3, 0.4) is 0 Å². The Morgan fingerprint density at radius 3 is 2.78 bits per heavy atom. The zero-order chi connectivity index (χ0) is 12.5. The fourth-order valence-electron chi connectivity index (χ4n) is 2.67. The van der Waals surface area contributed by atoms with Crippen LogP contribution in [0, 0.1) is 6.92 Å². The zero-order valence-corrected chi connectivity index (χ0v) is 10.9. The number of aromatic nitrogens is 2. The highest BCUT2D eigenvalue weighted by atomic mass is 16.3. The summed E-state index contributed by atoms with van der Waals surface area (Å²) in [5.74, 6) is 2.41. The Kier molecular flexibility index (Phi) is 2.96. The molecular formula is C14H19N3O. The molecule has 4 heteroatoms. The summed E-state index contributed by atoms with van der Waals surface area (Å²) in [7, 11) is 2.02. The van der Waals surface area contributed by atoms with Gasteiger partial charge in [-0.1, -0.05) is 0 Å².